The van der Waals surface area contributed by atoms with Crippen LogP contribution in [0.4, 0.5) is 11.4 Å². The first-order chi connectivity index (χ1) is 12.9. The minimum absolute atomic E-state index is 0.00189. The number of likely N-dealkylation sites (N-methyl/N-ethyl adjacent to an activating group) is 1. The molecular formula is C18H21ClN4O3S. The van der Waals surface area contributed by atoms with Gasteiger partial charge in [0.05, 0.1) is 11.5 Å². The van der Waals surface area contributed by atoms with E-state index in [-0.39, 0.29) is 11.6 Å². The van der Waals surface area contributed by atoms with E-state index in [1.165, 1.54) is 10.9 Å². The molecule has 0 atom stereocenters. The Morgan fingerprint density at radius 3 is 2.67 bits per heavy atom. The van der Waals surface area contributed by atoms with Gasteiger partial charge in [-0.3, -0.25) is 19.8 Å². The number of nitrogens with zero attached hydrogens (tertiary/aromatic N) is 4. The maximum absolute atomic E-state index is 12.5. The predicted octanol–water partition coefficient (Wildman–Crippen LogP) is 3.09. The van der Waals surface area contributed by atoms with Crippen molar-refractivity contribution in [1.29, 1.82) is 0 Å². The second-order valence-electron chi connectivity index (χ2n) is 6.51. The number of rotatable bonds is 6. The maximum Gasteiger partial charge on any atom is 0.294 e. The lowest BCUT2D eigenvalue weighted by Crippen LogP contribution is -2.51. The van der Waals surface area contributed by atoms with Crippen LogP contribution < -0.4 is 4.90 Å². The lowest BCUT2D eigenvalue weighted by atomic mass is 10.2. The third kappa shape index (κ3) is 4.97. The second kappa shape index (κ2) is 8.69. The van der Waals surface area contributed by atoms with E-state index in [9.17, 15) is 14.9 Å². The SMILES string of the molecule is CN(CC(=O)N1CCN(c2ccc(Cl)cc2[N+](=O)[O-])CC1)Cc1cccs1. The van der Waals surface area contributed by atoms with Crippen molar-refractivity contribution < 1.29 is 9.72 Å². The highest BCUT2D eigenvalue weighted by atomic mass is 35.5. The summed E-state index contributed by atoms with van der Waals surface area (Å²) in [7, 11) is 1.94. The highest BCUT2D eigenvalue weighted by Gasteiger charge is 2.26. The Balaban J connectivity index is 1.55. The molecule has 1 saturated heterocycles. The van der Waals surface area contributed by atoms with Crippen LogP contribution >= 0.6 is 22.9 Å². The largest absolute Gasteiger partial charge is 0.362 e. The van der Waals surface area contributed by atoms with Crippen molar-refractivity contribution in [3.8, 4) is 0 Å². The van der Waals surface area contributed by atoms with Gasteiger partial charge in [-0.25, -0.2) is 0 Å². The molecule has 0 unspecified atom stereocenters. The van der Waals surface area contributed by atoms with E-state index in [1.54, 1.807) is 23.5 Å². The fraction of sp³-hybridized carbons (Fsp3) is 0.389. The molecule has 1 fully saturated rings. The van der Waals surface area contributed by atoms with Crippen LogP contribution in [0.2, 0.25) is 5.02 Å². The predicted molar refractivity (Wildman–Crippen MR) is 108 cm³/mol. The summed E-state index contributed by atoms with van der Waals surface area (Å²) >= 11 is 7.56. The number of anilines is 1. The second-order valence-corrected chi connectivity index (χ2v) is 7.98. The zero-order chi connectivity index (χ0) is 19.4. The van der Waals surface area contributed by atoms with Crippen LogP contribution in [0.3, 0.4) is 0 Å². The number of hydrogen-bond donors (Lipinski definition) is 0. The van der Waals surface area contributed by atoms with Gasteiger partial charge in [0.2, 0.25) is 5.91 Å². The van der Waals surface area contributed by atoms with E-state index in [1.807, 2.05) is 33.2 Å². The van der Waals surface area contributed by atoms with Gasteiger partial charge in [0.25, 0.3) is 5.69 Å². The van der Waals surface area contributed by atoms with Crippen LogP contribution in [0, 0.1) is 10.1 Å². The zero-order valence-corrected chi connectivity index (χ0v) is 16.6. The molecule has 0 aliphatic carbocycles. The average molecular weight is 409 g/mol. The number of piperazine rings is 1. The van der Waals surface area contributed by atoms with E-state index in [0.717, 1.165) is 6.54 Å². The Morgan fingerprint density at radius 2 is 2.04 bits per heavy atom. The standard InChI is InChI=1S/C18H21ClN4O3S/c1-20(12-15-3-2-10-27-15)13-18(24)22-8-6-21(7-9-22)16-5-4-14(19)11-17(16)23(25)26/h2-5,10-11H,6-9,12-13H2,1H3. The molecule has 1 aliphatic heterocycles. The van der Waals surface area contributed by atoms with Gasteiger partial charge in [-0.1, -0.05) is 17.7 Å². The molecule has 1 aromatic heterocycles. The Kier molecular flexibility index (Phi) is 6.30. The van der Waals surface area contributed by atoms with Crippen molar-refractivity contribution in [2.45, 2.75) is 6.54 Å². The summed E-state index contributed by atoms with van der Waals surface area (Å²) in [6.07, 6.45) is 0. The number of carbonyl (C=O) groups is 1. The van der Waals surface area contributed by atoms with Crippen LogP contribution in [0.15, 0.2) is 35.7 Å². The molecule has 3 rings (SSSR count). The minimum Gasteiger partial charge on any atom is -0.362 e. The number of hydrogen-bond acceptors (Lipinski definition) is 6. The van der Waals surface area contributed by atoms with Crippen LogP contribution in [0.5, 0.6) is 0 Å². The van der Waals surface area contributed by atoms with Gasteiger partial charge in [-0.2, -0.15) is 0 Å². The van der Waals surface area contributed by atoms with Crippen molar-refractivity contribution in [1.82, 2.24) is 9.80 Å². The number of nitro groups is 1. The summed E-state index contributed by atoms with van der Waals surface area (Å²) in [6.45, 7) is 3.32. The van der Waals surface area contributed by atoms with Gasteiger partial charge in [0, 0.05) is 48.7 Å². The smallest absolute Gasteiger partial charge is 0.294 e. The van der Waals surface area contributed by atoms with E-state index in [2.05, 4.69) is 6.07 Å². The Hall–Kier alpha value is -2.16. The monoisotopic (exact) mass is 408 g/mol. The van der Waals surface area contributed by atoms with Crippen LogP contribution in [-0.2, 0) is 11.3 Å². The number of amides is 1. The normalized spacial score (nSPS) is 14.6. The molecule has 1 aliphatic rings. The lowest BCUT2D eigenvalue weighted by molar-refractivity contribution is -0.384. The van der Waals surface area contributed by atoms with Crippen molar-refractivity contribution in [2.75, 3.05) is 44.7 Å². The summed E-state index contributed by atoms with van der Waals surface area (Å²) in [5.41, 5.74) is 0.546. The van der Waals surface area contributed by atoms with Gasteiger partial charge in [0.1, 0.15) is 5.69 Å². The average Bonchev–Trinajstić information content (AvgIpc) is 3.14. The quantitative estimate of drug-likeness (QED) is 0.542. The zero-order valence-electron chi connectivity index (χ0n) is 15.0. The molecule has 0 N–H and O–H groups in total. The summed E-state index contributed by atoms with van der Waals surface area (Å²) in [6, 6.07) is 8.76. The minimum atomic E-state index is -0.418. The Labute approximate surface area is 166 Å². The molecule has 2 aromatic rings. The van der Waals surface area contributed by atoms with E-state index < -0.39 is 4.92 Å². The highest BCUT2D eigenvalue weighted by molar-refractivity contribution is 7.09. The fourth-order valence-corrected chi connectivity index (χ4v) is 4.11. The summed E-state index contributed by atoms with van der Waals surface area (Å²) < 4.78 is 0. The number of thiophene rings is 1. The molecule has 0 bridgehead atoms. The summed E-state index contributed by atoms with van der Waals surface area (Å²) in [5.74, 6) is 0.0827. The first-order valence-electron chi connectivity index (χ1n) is 8.61. The number of nitro benzene ring substituents is 1. The number of halogens is 1. The molecular weight excluding hydrogens is 388 g/mol. The lowest BCUT2D eigenvalue weighted by Gasteiger charge is -2.36. The van der Waals surface area contributed by atoms with E-state index in [4.69, 9.17) is 11.6 Å². The molecule has 1 aromatic carbocycles. The van der Waals surface area contributed by atoms with Crippen molar-refractivity contribution >= 4 is 40.2 Å². The molecule has 144 valence electrons. The maximum atomic E-state index is 12.5. The Morgan fingerprint density at radius 1 is 1.30 bits per heavy atom. The molecule has 27 heavy (non-hydrogen) atoms. The molecule has 0 saturated carbocycles. The van der Waals surface area contributed by atoms with E-state index in [0.29, 0.717) is 43.4 Å². The molecule has 0 spiro atoms. The van der Waals surface area contributed by atoms with Gasteiger partial charge >= 0.3 is 0 Å². The van der Waals surface area contributed by atoms with Crippen molar-refractivity contribution in [3.63, 3.8) is 0 Å². The molecule has 2 heterocycles. The number of carbonyl (C=O) groups excluding carboxylic acids is 1. The summed E-state index contributed by atoms with van der Waals surface area (Å²) in [5, 5.41) is 13.7. The third-order valence-electron chi connectivity index (χ3n) is 4.52. The van der Waals surface area contributed by atoms with Gasteiger partial charge in [-0.05, 0) is 30.6 Å². The van der Waals surface area contributed by atoms with Gasteiger partial charge < -0.3 is 9.80 Å². The number of benzene rings is 1. The third-order valence-corrected chi connectivity index (χ3v) is 5.61. The van der Waals surface area contributed by atoms with Crippen molar-refractivity contribution in [2.24, 2.45) is 0 Å². The molecule has 9 heteroatoms. The van der Waals surface area contributed by atoms with Gasteiger partial charge in [0.15, 0.2) is 0 Å². The van der Waals surface area contributed by atoms with E-state index >= 15 is 0 Å². The fourth-order valence-electron chi connectivity index (χ4n) is 3.16. The van der Waals surface area contributed by atoms with Crippen molar-refractivity contribution in [3.05, 3.63) is 55.7 Å². The topological polar surface area (TPSA) is 69.9 Å². The first-order valence-corrected chi connectivity index (χ1v) is 9.87. The molecule has 7 nitrogen and oxygen atoms in total. The first kappa shape index (κ1) is 19.6. The molecule has 0 radical (unpaired) electrons. The van der Waals surface area contributed by atoms with Crippen LogP contribution in [0.1, 0.15) is 4.88 Å². The van der Waals surface area contributed by atoms with Gasteiger partial charge in [-0.15, -0.1) is 11.3 Å². The van der Waals surface area contributed by atoms with Crippen LogP contribution in [0.25, 0.3) is 0 Å². The Bertz CT molecular complexity index is 807. The highest BCUT2D eigenvalue weighted by Crippen LogP contribution is 2.31. The molecule has 1 amide bonds. The van der Waals surface area contributed by atoms with Crippen LogP contribution in [-0.4, -0.2) is 60.4 Å². The summed E-state index contributed by atoms with van der Waals surface area (Å²) in [4.78, 5) is 30.4.